The molecule has 1 N–H and O–H groups in total. The summed E-state index contributed by atoms with van der Waals surface area (Å²) in [6.45, 7) is 3.81. The molecule has 25 heavy (non-hydrogen) atoms. The van der Waals surface area contributed by atoms with Crippen LogP contribution in [0.1, 0.15) is 43.3 Å². The number of rotatable bonds is 5. The molecule has 1 atom stereocenters. The van der Waals surface area contributed by atoms with Gasteiger partial charge in [0, 0.05) is 19.4 Å². The zero-order valence-electron chi connectivity index (χ0n) is 14.2. The summed E-state index contributed by atoms with van der Waals surface area (Å²) >= 11 is 0. The van der Waals surface area contributed by atoms with Gasteiger partial charge < -0.3 is 9.51 Å². The zero-order chi connectivity index (χ0) is 17.2. The predicted octanol–water partition coefficient (Wildman–Crippen LogP) is 2.25. The Bertz CT molecular complexity index is 932. The number of hydrogen-bond acceptors (Lipinski definition) is 6. The molecule has 7 heteroatoms. The Balaban J connectivity index is 1.49. The van der Waals surface area contributed by atoms with Gasteiger partial charge in [0.05, 0.1) is 16.9 Å². The van der Waals surface area contributed by atoms with Crippen molar-refractivity contribution in [2.45, 2.75) is 38.6 Å². The van der Waals surface area contributed by atoms with Gasteiger partial charge in [-0.25, -0.2) is 4.98 Å². The first kappa shape index (κ1) is 16.0. The van der Waals surface area contributed by atoms with Crippen LogP contribution >= 0.6 is 0 Å². The van der Waals surface area contributed by atoms with E-state index in [1.807, 2.05) is 25.1 Å². The van der Waals surface area contributed by atoms with Gasteiger partial charge in [0.2, 0.25) is 5.89 Å². The van der Waals surface area contributed by atoms with Gasteiger partial charge in [-0.2, -0.15) is 4.98 Å². The molecule has 1 aliphatic rings. The van der Waals surface area contributed by atoms with Crippen LogP contribution in [0.15, 0.2) is 33.6 Å². The van der Waals surface area contributed by atoms with Crippen LogP contribution in [-0.2, 0) is 12.8 Å². The van der Waals surface area contributed by atoms with Gasteiger partial charge in [0.1, 0.15) is 5.82 Å². The molecule has 1 fully saturated rings. The van der Waals surface area contributed by atoms with Crippen molar-refractivity contribution in [3.05, 3.63) is 52.2 Å². The van der Waals surface area contributed by atoms with E-state index in [-0.39, 0.29) is 11.6 Å². The average molecular weight is 339 g/mol. The van der Waals surface area contributed by atoms with Crippen molar-refractivity contribution in [3.63, 3.8) is 0 Å². The van der Waals surface area contributed by atoms with E-state index in [1.165, 1.54) is 0 Å². The first-order valence-corrected chi connectivity index (χ1v) is 8.79. The maximum absolute atomic E-state index is 12.2. The first-order valence-electron chi connectivity index (χ1n) is 8.79. The number of aromatic nitrogens is 4. The molecule has 2 aromatic heterocycles. The highest BCUT2D eigenvalue weighted by Crippen LogP contribution is 2.30. The van der Waals surface area contributed by atoms with Crippen LogP contribution in [-0.4, -0.2) is 38.1 Å². The first-order chi connectivity index (χ1) is 12.2. The highest BCUT2D eigenvalue weighted by atomic mass is 16.5. The van der Waals surface area contributed by atoms with Gasteiger partial charge >= 0.3 is 0 Å². The molecule has 0 unspecified atom stereocenters. The van der Waals surface area contributed by atoms with E-state index in [2.05, 4.69) is 25.0 Å². The van der Waals surface area contributed by atoms with Crippen molar-refractivity contribution in [2.75, 3.05) is 13.1 Å². The summed E-state index contributed by atoms with van der Waals surface area (Å²) < 4.78 is 5.25. The lowest BCUT2D eigenvalue weighted by atomic mass is 10.2. The summed E-state index contributed by atoms with van der Waals surface area (Å²) in [5, 5.41) is 4.76. The van der Waals surface area contributed by atoms with Crippen molar-refractivity contribution in [2.24, 2.45) is 0 Å². The Labute approximate surface area is 145 Å². The Morgan fingerprint density at radius 3 is 3.04 bits per heavy atom. The molecule has 1 saturated heterocycles. The molecule has 130 valence electrons. The van der Waals surface area contributed by atoms with Gasteiger partial charge in [0.25, 0.3) is 5.56 Å². The standard InChI is InChI=1S/C18H21N5O2/c1-2-16-21-17(22-25-16)14-8-5-10-23(14)11-9-15-19-13-7-4-3-6-12(13)18(24)20-15/h3-4,6-7,14H,2,5,8-11H2,1H3,(H,19,20,24)/t14-/m0/s1. The number of para-hydroxylation sites is 1. The minimum atomic E-state index is -0.0793. The number of H-pyrrole nitrogens is 1. The van der Waals surface area contributed by atoms with Gasteiger partial charge in [0.15, 0.2) is 5.82 Å². The van der Waals surface area contributed by atoms with E-state index >= 15 is 0 Å². The fourth-order valence-electron chi connectivity index (χ4n) is 3.44. The van der Waals surface area contributed by atoms with Crippen molar-refractivity contribution in [1.82, 2.24) is 25.0 Å². The molecule has 7 nitrogen and oxygen atoms in total. The molecule has 0 spiro atoms. The van der Waals surface area contributed by atoms with Crippen LogP contribution in [0.5, 0.6) is 0 Å². The number of fused-ring (bicyclic) bond motifs is 1. The Morgan fingerprint density at radius 2 is 2.20 bits per heavy atom. The topological polar surface area (TPSA) is 87.9 Å². The Hall–Kier alpha value is -2.54. The van der Waals surface area contributed by atoms with Crippen molar-refractivity contribution in [3.8, 4) is 0 Å². The molecule has 0 amide bonds. The highest BCUT2D eigenvalue weighted by molar-refractivity contribution is 5.77. The van der Waals surface area contributed by atoms with Gasteiger partial charge in [-0.1, -0.05) is 24.2 Å². The predicted molar refractivity (Wildman–Crippen MR) is 93.3 cm³/mol. The van der Waals surface area contributed by atoms with Crippen LogP contribution in [0.3, 0.4) is 0 Å². The van der Waals surface area contributed by atoms with Crippen LogP contribution < -0.4 is 5.56 Å². The monoisotopic (exact) mass is 339 g/mol. The summed E-state index contributed by atoms with van der Waals surface area (Å²) in [6.07, 6.45) is 3.59. The van der Waals surface area contributed by atoms with Crippen LogP contribution in [0.2, 0.25) is 0 Å². The highest BCUT2D eigenvalue weighted by Gasteiger charge is 2.29. The van der Waals surface area contributed by atoms with E-state index in [0.717, 1.165) is 49.5 Å². The van der Waals surface area contributed by atoms with Crippen molar-refractivity contribution in [1.29, 1.82) is 0 Å². The average Bonchev–Trinajstić information content (AvgIpc) is 3.28. The molecular formula is C18H21N5O2. The molecule has 4 rings (SSSR count). The summed E-state index contributed by atoms with van der Waals surface area (Å²) in [5.74, 6) is 2.17. The normalized spacial score (nSPS) is 18.2. The molecule has 1 aliphatic heterocycles. The zero-order valence-corrected chi connectivity index (χ0v) is 14.2. The van der Waals surface area contributed by atoms with E-state index < -0.39 is 0 Å². The molecular weight excluding hydrogens is 318 g/mol. The fraction of sp³-hybridized carbons (Fsp3) is 0.444. The number of nitrogens with zero attached hydrogens (tertiary/aromatic N) is 4. The van der Waals surface area contributed by atoms with Crippen LogP contribution in [0, 0.1) is 0 Å². The number of likely N-dealkylation sites (tertiary alicyclic amines) is 1. The smallest absolute Gasteiger partial charge is 0.258 e. The molecule has 3 heterocycles. The minimum absolute atomic E-state index is 0.0793. The summed E-state index contributed by atoms with van der Waals surface area (Å²) in [5.41, 5.74) is 0.661. The van der Waals surface area contributed by atoms with Crippen LogP contribution in [0.25, 0.3) is 10.9 Å². The maximum atomic E-state index is 12.2. The fourth-order valence-corrected chi connectivity index (χ4v) is 3.44. The van der Waals surface area contributed by atoms with Crippen molar-refractivity contribution >= 4 is 10.9 Å². The number of benzene rings is 1. The second kappa shape index (κ2) is 6.76. The number of nitrogens with one attached hydrogen (secondary N) is 1. The van der Waals surface area contributed by atoms with E-state index in [0.29, 0.717) is 17.7 Å². The third-order valence-corrected chi connectivity index (χ3v) is 4.75. The maximum Gasteiger partial charge on any atom is 0.258 e. The van der Waals surface area contributed by atoms with E-state index in [4.69, 9.17) is 4.52 Å². The molecule has 0 radical (unpaired) electrons. The Morgan fingerprint density at radius 1 is 1.32 bits per heavy atom. The molecule has 0 aliphatic carbocycles. The lowest BCUT2D eigenvalue weighted by molar-refractivity contribution is 0.243. The van der Waals surface area contributed by atoms with E-state index in [1.54, 1.807) is 6.07 Å². The summed E-state index contributed by atoms with van der Waals surface area (Å²) in [6, 6.07) is 7.61. The lowest BCUT2D eigenvalue weighted by Gasteiger charge is -2.21. The van der Waals surface area contributed by atoms with Gasteiger partial charge in [-0.05, 0) is 31.5 Å². The molecule has 0 saturated carbocycles. The molecule has 0 bridgehead atoms. The summed E-state index contributed by atoms with van der Waals surface area (Å²) in [4.78, 5) is 26.5. The number of aryl methyl sites for hydroxylation is 1. The quantitative estimate of drug-likeness (QED) is 0.767. The lowest BCUT2D eigenvalue weighted by Crippen LogP contribution is -2.27. The Kier molecular flexibility index (Phi) is 4.31. The SMILES string of the molecule is CCc1nc([C@@H]2CCCN2CCc2nc3ccccc3c(=O)[nH]2)no1. The number of hydrogen-bond donors (Lipinski definition) is 1. The number of aromatic amines is 1. The van der Waals surface area contributed by atoms with Crippen LogP contribution in [0.4, 0.5) is 0 Å². The summed E-state index contributed by atoms with van der Waals surface area (Å²) in [7, 11) is 0. The van der Waals surface area contributed by atoms with E-state index in [9.17, 15) is 4.79 Å². The molecule has 1 aromatic carbocycles. The second-order valence-corrected chi connectivity index (χ2v) is 6.37. The van der Waals surface area contributed by atoms with Crippen molar-refractivity contribution < 1.29 is 4.52 Å². The van der Waals surface area contributed by atoms with Gasteiger partial charge in [-0.3, -0.25) is 9.69 Å². The molecule has 3 aromatic rings. The third kappa shape index (κ3) is 3.19. The third-order valence-electron chi connectivity index (χ3n) is 4.75. The van der Waals surface area contributed by atoms with Gasteiger partial charge in [-0.15, -0.1) is 0 Å². The second-order valence-electron chi connectivity index (χ2n) is 6.37. The minimum Gasteiger partial charge on any atom is -0.339 e. The largest absolute Gasteiger partial charge is 0.339 e.